The molecule has 5 heteroatoms. The summed E-state index contributed by atoms with van der Waals surface area (Å²) in [6, 6.07) is 4.05. The third kappa shape index (κ3) is 2.42. The molecule has 2 aliphatic rings. The summed E-state index contributed by atoms with van der Waals surface area (Å²) < 4.78 is 0. The van der Waals surface area contributed by atoms with E-state index in [-0.39, 0.29) is 5.91 Å². The van der Waals surface area contributed by atoms with Crippen molar-refractivity contribution in [2.75, 3.05) is 31.9 Å². The van der Waals surface area contributed by atoms with Gasteiger partial charge in [-0.05, 0) is 38.4 Å². The second kappa shape index (κ2) is 4.81. The first-order valence-corrected chi connectivity index (χ1v) is 6.91. The van der Waals surface area contributed by atoms with E-state index < -0.39 is 0 Å². The molecule has 1 unspecified atom stereocenters. The quantitative estimate of drug-likeness (QED) is 0.814. The van der Waals surface area contributed by atoms with E-state index in [0.29, 0.717) is 17.4 Å². The number of aromatic nitrogens is 1. The van der Waals surface area contributed by atoms with E-state index in [9.17, 15) is 4.79 Å². The lowest BCUT2D eigenvalue weighted by Crippen LogP contribution is -2.52. The molecule has 0 bridgehead atoms. The Kier molecular flexibility index (Phi) is 3.14. The zero-order valence-corrected chi connectivity index (χ0v) is 11.3. The largest absolute Gasteiger partial charge is 0.384 e. The van der Waals surface area contributed by atoms with Gasteiger partial charge in [0.1, 0.15) is 5.82 Å². The number of nitrogens with two attached hydrogens (primary N) is 1. The number of hydrogen-bond donors (Lipinski definition) is 1. The number of pyridine rings is 1. The Balaban J connectivity index is 1.76. The van der Waals surface area contributed by atoms with E-state index in [1.807, 2.05) is 17.9 Å². The van der Waals surface area contributed by atoms with Gasteiger partial charge >= 0.3 is 0 Å². The predicted octanol–water partition coefficient (Wildman–Crippen LogP) is 0.892. The zero-order valence-electron chi connectivity index (χ0n) is 11.3. The number of piperazine rings is 1. The van der Waals surface area contributed by atoms with E-state index >= 15 is 0 Å². The molecule has 1 aromatic heterocycles. The van der Waals surface area contributed by atoms with Gasteiger partial charge in [-0.3, -0.25) is 9.69 Å². The van der Waals surface area contributed by atoms with Gasteiger partial charge in [0.15, 0.2) is 0 Å². The first kappa shape index (κ1) is 12.4. The number of fused-ring (bicyclic) bond motifs is 1. The van der Waals surface area contributed by atoms with Crippen LogP contribution in [0.15, 0.2) is 12.1 Å². The van der Waals surface area contributed by atoms with Crippen molar-refractivity contribution in [1.82, 2.24) is 14.8 Å². The number of carbonyl (C=O) groups is 1. The maximum Gasteiger partial charge on any atom is 0.254 e. The minimum atomic E-state index is 0.0868. The standard InChI is InChI=1S/C14H20N4O/c1-10-7-11(8-13(15)16-10)14(19)18-6-5-17-4-2-3-12(17)9-18/h7-8,12H,2-6,9H2,1H3,(H2,15,16). The van der Waals surface area contributed by atoms with Crippen molar-refractivity contribution in [2.45, 2.75) is 25.8 Å². The number of hydrogen-bond acceptors (Lipinski definition) is 4. The molecule has 0 aromatic carbocycles. The normalized spacial score (nSPS) is 23.4. The van der Waals surface area contributed by atoms with Crippen LogP contribution >= 0.6 is 0 Å². The number of carbonyl (C=O) groups excluding carboxylic acids is 1. The van der Waals surface area contributed by atoms with Crippen LogP contribution in [0.3, 0.4) is 0 Å². The molecule has 0 saturated carbocycles. The summed E-state index contributed by atoms with van der Waals surface area (Å²) in [5, 5.41) is 0. The minimum Gasteiger partial charge on any atom is -0.384 e. The van der Waals surface area contributed by atoms with E-state index in [2.05, 4.69) is 9.88 Å². The molecule has 1 amide bonds. The topological polar surface area (TPSA) is 62.5 Å². The molecule has 19 heavy (non-hydrogen) atoms. The van der Waals surface area contributed by atoms with Crippen LogP contribution in [0.5, 0.6) is 0 Å². The fourth-order valence-corrected chi connectivity index (χ4v) is 3.18. The highest BCUT2D eigenvalue weighted by Crippen LogP contribution is 2.22. The van der Waals surface area contributed by atoms with Crippen LogP contribution in [0.2, 0.25) is 0 Å². The second-order valence-corrected chi connectivity index (χ2v) is 5.51. The molecule has 0 radical (unpaired) electrons. The van der Waals surface area contributed by atoms with Crippen molar-refractivity contribution in [3.63, 3.8) is 0 Å². The Morgan fingerprint density at radius 3 is 3.00 bits per heavy atom. The Hall–Kier alpha value is -1.62. The lowest BCUT2D eigenvalue weighted by atomic mass is 10.1. The molecule has 2 aliphatic heterocycles. The highest BCUT2D eigenvalue weighted by Gasteiger charge is 2.32. The second-order valence-electron chi connectivity index (χ2n) is 5.51. The third-order valence-electron chi connectivity index (χ3n) is 4.09. The van der Waals surface area contributed by atoms with Crippen molar-refractivity contribution in [1.29, 1.82) is 0 Å². The number of nitrogen functional groups attached to an aromatic ring is 1. The van der Waals surface area contributed by atoms with E-state index in [1.165, 1.54) is 19.4 Å². The van der Waals surface area contributed by atoms with Crippen molar-refractivity contribution < 1.29 is 4.79 Å². The van der Waals surface area contributed by atoms with Gasteiger partial charge in [0.2, 0.25) is 0 Å². The molecule has 3 rings (SSSR count). The van der Waals surface area contributed by atoms with Crippen LogP contribution in [0.4, 0.5) is 5.82 Å². The Morgan fingerprint density at radius 2 is 2.21 bits per heavy atom. The monoisotopic (exact) mass is 260 g/mol. The maximum absolute atomic E-state index is 12.5. The average molecular weight is 260 g/mol. The predicted molar refractivity (Wildman–Crippen MR) is 73.9 cm³/mol. The SMILES string of the molecule is Cc1cc(C(=O)N2CCN3CCCC3C2)cc(N)n1. The molecular weight excluding hydrogens is 240 g/mol. The van der Waals surface area contributed by atoms with Crippen molar-refractivity contribution in [3.8, 4) is 0 Å². The Bertz CT molecular complexity index is 482. The molecule has 5 nitrogen and oxygen atoms in total. The molecule has 1 aromatic rings. The summed E-state index contributed by atoms with van der Waals surface area (Å²) in [6.07, 6.45) is 2.47. The van der Waals surface area contributed by atoms with Gasteiger partial charge in [0.25, 0.3) is 5.91 Å². The highest BCUT2D eigenvalue weighted by molar-refractivity contribution is 5.95. The van der Waals surface area contributed by atoms with Gasteiger partial charge in [0.05, 0.1) is 0 Å². The summed E-state index contributed by atoms with van der Waals surface area (Å²) in [4.78, 5) is 21.1. The summed E-state index contributed by atoms with van der Waals surface area (Å²) in [5.74, 6) is 0.506. The molecule has 2 saturated heterocycles. The molecule has 2 N–H and O–H groups in total. The minimum absolute atomic E-state index is 0.0868. The molecular formula is C14H20N4O. The fourth-order valence-electron chi connectivity index (χ4n) is 3.18. The van der Waals surface area contributed by atoms with Gasteiger partial charge in [-0.2, -0.15) is 0 Å². The maximum atomic E-state index is 12.5. The van der Waals surface area contributed by atoms with Gasteiger partial charge in [-0.15, -0.1) is 0 Å². The highest BCUT2D eigenvalue weighted by atomic mass is 16.2. The summed E-state index contributed by atoms with van der Waals surface area (Å²) in [6.45, 7) is 5.71. The molecule has 3 heterocycles. The van der Waals surface area contributed by atoms with Crippen LogP contribution in [0.25, 0.3) is 0 Å². The van der Waals surface area contributed by atoms with Crippen LogP contribution in [0.1, 0.15) is 28.9 Å². The molecule has 1 atom stereocenters. The van der Waals surface area contributed by atoms with E-state index in [1.54, 1.807) is 6.07 Å². The van der Waals surface area contributed by atoms with Gasteiger partial charge in [-0.25, -0.2) is 4.98 Å². The Morgan fingerprint density at radius 1 is 1.37 bits per heavy atom. The molecule has 2 fully saturated rings. The van der Waals surface area contributed by atoms with E-state index in [0.717, 1.165) is 25.3 Å². The third-order valence-corrected chi connectivity index (χ3v) is 4.09. The van der Waals surface area contributed by atoms with Crippen molar-refractivity contribution >= 4 is 11.7 Å². The fraction of sp³-hybridized carbons (Fsp3) is 0.571. The lowest BCUT2D eigenvalue weighted by molar-refractivity contribution is 0.0571. The number of rotatable bonds is 1. The first-order chi connectivity index (χ1) is 9.13. The summed E-state index contributed by atoms with van der Waals surface area (Å²) in [5.41, 5.74) is 7.18. The number of aryl methyl sites for hydroxylation is 1. The summed E-state index contributed by atoms with van der Waals surface area (Å²) >= 11 is 0. The van der Waals surface area contributed by atoms with Gasteiger partial charge in [-0.1, -0.05) is 0 Å². The number of nitrogens with zero attached hydrogens (tertiary/aromatic N) is 3. The average Bonchev–Trinajstić information content (AvgIpc) is 2.83. The van der Waals surface area contributed by atoms with Gasteiger partial charge < -0.3 is 10.6 Å². The Labute approximate surface area is 113 Å². The van der Waals surface area contributed by atoms with Crippen LogP contribution in [-0.4, -0.2) is 52.9 Å². The van der Waals surface area contributed by atoms with E-state index in [4.69, 9.17) is 5.73 Å². The van der Waals surface area contributed by atoms with Gasteiger partial charge in [0, 0.05) is 36.9 Å². The molecule has 102 valence electrons. The zero-order chi connectivity index (χ0) is 13.4. The molecule has 0 aliphatic carbocycles. The molecule has 0 spiro atoms. The first-order valence-electron chi connectivity index (χ1n) is 6.91. The van der Waals surface area contributed by atoms with Crippen LogP contribution < -0.4 is 5.73 Å². The lowest BCUT2D eigenvalue weighted by Gasteiger charge is -2.37. The van der Waals surface area contributed by atoms with Crippen LogP contribution in [0, 0.1) is 6.92 Å². The smallest absolute Gasteiger partial charge is 0.254 e. The number of anilines is 1. The van der Waals surface area contributed by atoms with Crippen molar-refractivity contribution in [2.24, 2.45) is 0 Å². The number of amides is 1. The van der Waals surface area contributed by atoms with Crippen molar-refractivity contribution in [3.05, 3.63) is 23.4 Å². The van der Waals surface area contributed by atoms with Crippen LogP contribution in [-0.2, 0) is 0 Å². The summed E-state index contributed by atoms with van der Waals surface area (Å²) in [7, 11) is 0.